The van der Waals surface area contributed by atoms with Gasteiger partial charge in [-0.25, -0.2) is 9.97 Å². The lowest BCUT2D eigenvalue weighted by Crippen LogP contribution is -2.29. The van der Waals surface area contributed by atoms with Crippen molar-refractivity contribution in [2.24, 2.45) is 11.8 Å². The maximum absolute atomic E-state index is 5.16. The molecule has 4 heterocycles. The second kappa shape index (κ2) is 5.35. The average molecular weight is 299 g/mol. The van der Waals surface area contributed by atoms with Crippen molar-refractivity contribution in [3.05, 3.63) is 35.6 Å². The molecule has 2 unspecified atom stereocenters. The highest BCUT2D eigenvalue weighted by molar-refractivity contribution is 5.40. The molecule has 0 saturated carbocycles. The van der Waals surface area contributed by atoms with E-state index in [1.54, 1.807) is 6.33 Å². The van der Waals surface area contributed by atoms with Crippen molar-refractivity contribution in [2.45, 2.75) is 20.4 Å². The van der Waals surface area contributed by atoms with Crippen molar-refractivity contribution in [3.63, 3.8) is 0 Å². The fourth-order valence-electron chi connectivity index (χ4n) is 3.73. The number of aromatic nitrogens is 3. The van der Waals surface area contributed by atoms with Crippen LogP contribution in [0.2, 0.25) is 0 Å². The van der Waals surface area contributed by atoms with Crippen molar-refractivity contribution in [3.8, 4) is 0 Å². The van der Waals surface area contributed by atoms with Crippen molar-refractivity contribution in [2.75, 3.05) is 31.1 Å². The van der Waals surface area contributed by atoms with Gasteiger partial charge in [0.05, 0.1) is 6.20 Å². The number of hydrogen-bond acceptors (Lipinski definition) is 6. The van der Waals surface area contributed by atoms with Gasteiger partial charge < -0.3 is 9.42 Å². The third-order valence-corrected chi connectivity index (χ3v) is 4.92. The highest BCUT2D eigenvalue weighted by atomic mass is 16.5. The van der Waals surface area contributed by atoms with Crippen LogP contribution in [0.25, 0.3) is 0 Å². The molecule has 0 spiro atoms. The molecule has 6 heteroatoms. The Balaban J connectivity index is 1.39. The lowest BCUT2D eigenvalue weighted by molar-refractivity contribution is 0.305. The summed E-state index contributed by atoms with van der Waals surface area (Å²) >= 11 is 0. The summed E-state index contributed by atoms with van der Waals surface area (Å²) in [5.74, 6) is 3.48. The van der Waals surface area contributed by atoms with Crippen molar-refractivity contribution in [1.82, 2.24) is 20.0 Å². The van der Waals surface area contributed by atoms with Gasteiger partial charge in [-0.3, -0.25) is 4.90 Å². The molecule has 116 valence electrons. The Hall–Kier alpha value is -1.95. The number of likely N-dealkylation sites (tertiary alicyclic amines) is 1. The van der Waals surface area contributed by atoms with E-state index in [1.165, 1.54) is 5.56 Å². The summed E-state index contributed by atoms with van der Waals surface area (Å²) in [6.45, 7) is 9.45. The van der Waals surface area contributed by atoms with Gasteiger partial charge in [0.25, 0.3) is 0 Å². The van der Waals surface area contributed by atoms with E-state index >= 15 is 0 Å². The Morgan fingerprint density at radius 3 is 2.55 bits per heavy atom. The zero-order chi connectivity index (χ0) is 15.1. The predicted molar refractivity (Wildman–Crippen MR) is 82.5 cm³/mol. The molecule has 0 N–H and O–H groups in total. The molecule has 4 rings (SSSR count). The Kier molecular flexibility index (Phi) is 3.33. The molecule has 0 bridgehead atoms. The summed E-state index contributed by atoms with van der Waals surface area (Å²) in [5, 5.41) is 3.87. The highest BCUT2D eigenvalue weighted by Gasteiger charge is 2.40. The molecule has 0 aromatic carbocycles. The van der Waals surface area contributed by atoms with Gasteiger partial charge in [0, 0.05) is 50.0 Å². The molecule has 2 aliphatic rings. The fourth-order valence-corrected chi connectivity index (χ4v) is 3.73. The first kappa shape index (κ1) is 13.7. The standard InChI is InChI=1S/C16H21N5O/c1-11-3-16(18-10-17-11)21-8-14-6-20(7-15(14)9-21)5-13-4-19-22-12(13)2/h3-4,10,14-15H,5-9H2,1-2H3. The number of aryl methyl sites for hydroxylation is 2. The third-order valence-electron chi connectivity index (χ3n) is 4.92. The van der Waals surface area contributed by atoms with Crippen LogP contribution in [0.1, 0.15) is 17.0 Å². The average Bonchev–Trinajstić information content (AvgIpc) is 3.15. The molecule has 2 aliphatic heterocycles. The van der Waals surface area contributed by atoms with Crippen LogP contribution >= 0.6 is 0 Å². The first-order valence-electron chi connectivity index (χ1n) is 7.85. The van der Waals surface area contributed by atoms with Gasteiger partial charge in [-0.05, 0) is 25.7 Å². The second-order valence-corrected chi connectivity index (χ2v) is 6.54. The van der Waals surface area contributed by atoms with Crippen LogP contribution in [0.5, 0.6) is 0 Å². The summed E-state index contributed by atoms with van der Waals surface area (Å²) < 4.78 is 5.16. The van der Waals surface area contributed by atoms with Gasteiger partial charge in [0.1, 0.15) is 17.9 Å². The maximum atomic E-state index is 5.16. The minimum Gasteiger partial charge on any atom is -0.361 e. The van der Waals surface area contributed by atoms with E-state index in [0.717, 1.165) is 61.8 Å². The van der Waals surface area contributed by atoms with Crippen LogP contribution in [-0.4, -0.2) is 46.2 Å². The topological polar surface area (TPSA) is 58.3 Å². The lowest BCUT2D eigenvalue weighted by atomic mass is 10.0. The zero-order valence-electron chi connectivity index (χ0n) is 13.1. The monoisotopic (exact) mass is 299 g/mol. The zero-order valence-corrected chi connectivity index (χ0v) is 13.1. The van der Waals surface area contributed by atoms with Crippen LogP contribution in [0.15, 0.2) is 23.1 Å². The SMILES string of the molecule is Cc1cc(N2CC3CN(Cc4cnoc4C)CC3C2)ncn1. The normalized spacial score (nSPS) is 24.9. The number of nitrogens with zero attached hydrogens (tertiary/aromatic N) is 5. The van der Waals surface area contributed by atoms with Gasteiger partial charge in [0.15, 0.2) is 0 Å². The number of rotatable bonds is 3. The maximum Gasteiger partial charge on any atom is 0.138 e. The molecule has 0 amide bonds. The Morgan fingerprint density at radius 2 is 1.91 bits per heavy atom. The summed E-state index contributed by atoms with van der Waals surface area (Å²) in [5.41, 5.74) is 2.25. The summed E-state index contributed by atoms with van der Waals surface area (Å²) in [6.07, 6.45) is 3.51. The molecule has 22 heavy (non-hydrogen) atoms. The summed E-state index contributed by atoms with van der Waals surface area (Å²) in [4.78, 5) is 13.5. The lowest BCUT2D eigenvalue weighted by Gasteiger charge is -2.22. The minimum absolute atomic E-state index is 0.732. The molecule has 2 fully saturated rings. The van der Waals surface area contributed by atoms with Crippen molar-refractivity contribution >= 4 is 5.82 Å². The van der Waals surface area contributed by atoms with Crippen molar-refractivity contribution < 1.29 is 4.52 Å². The largest absolute Gasteiger partial charge is 0.361 e. The molecule has 2 atom stereocenters. The highest BCUT2D eigenvalue weighted by Crippen LogP contribution is 2.34. The van der Waals surface area contributed by atoms with Crippen LogP contribution in [0, 0.1) is 25.7 Å². The van der Waals surface area contributed by atoms with Crippen LogP contribution < -0.4 is 4.90 Å². The van der Waals surface area contributed by atoms with E-state index in [0.29, 0.717) is 0 Å². The van der Waals surface area contributed by atoms with E-state index in [9.17, 15) is 0 Å². The Bertz CT molecular complexity index is 656. The van der Waals surface area contributed by atoms with Gasteiger partial charge >= 0.3 is 0 Å². The summed E-state index contributed by atoms with van der Waals surface area (Å²) in [6, 6.07) is 2.08. The van der Waals surface area contributed by atoms with E-state index in [1.807, 2.05) is 20.0 Å². The quantitative estimate of drug-likeness (QED) is 0.859. The molecule has 0 radical (unpaired) electrons. The van der Waals surface area contributed by atoms with Crippen molar-refractivity contribution in [1.29, 1.82) is 0 Å². The Labute approximate surface area is 130 Å². The van der Waals surface area contributed by atoms with Crippen LogP contribution in [-0.2, 0) is 6.54 Å². The van der Waals surface area contributed by atoms with E-state index in [4.69, 9.17) is 4.52 Å². The number of anilines is 1. The van der Waals surface area contributed by atoms with Gasteiger partial charge in [-0.15, -0.1) is 0 Å². The number of fused-ring (bicyclic) bond motifs is 1. The Morgan fingerprint density at radius 1 is 1.14 bits per heavy atom. The third kappa shape index (κ3) is 2.47. The van der Waals surface area contributed by atoms with E-state index in [-0.39, 0.29) is 0 Å². The van der Waals surface area contributed by atoms with Gasteiger partial charge in [-0.1, -0.05) is 5.16 Å². The molecule has 2 aromatic rings. The van der Waals surface area contributed by atoms with E-state index in [2.05, 4.69) is 31.0 Å². The van der Waals surface area contributed by atoms with Crippen LogP contribution in [0.4, 0.5) is 5.82 Å². The summed E-state index contributed by atoms with van der Waals surface area (Å²) in [7, 11) is 0. The van der Waals surface area contributed by atoms with Crippen LogP contribution in [0.3, 0.4) is 0 Å². The molecule has 2 saturated heterocycles. The first-order chi connectivity index (χ1) is 10.7. The second-order valence-electron chi connectivity index (χ2n) is 6.54. The molecule has 6 nitrogen and oxygen atoms in total. The minimum atomic E-state index is 0.732. The first-order valence-corrected chi connectivity index (χ1v) is 7.85. The molecule has 2 aromatic heterocycles. The molecule has 0 aliphatic carbocycles. The number of hydrogen-bond donors (Lipinski definition) is 0. The smallest absolute Gasteiger partial charge is 0.138 e. The predicted octanol–water partition coefficient (Wildman–Crippen LogP) is 1.65. The van der Waals surface area contributed by atoms with Gasteiger partial charge in [0.2, 0.25) is 0 Å². The molecular weight excluding hydrogens is 278 g/mol. The van der Waals surface area contributed by atoms with E-state index < -0.39 is 0 Å². The molecular formula is C16H21N5O. The van der Waals surface area contributed by atoms with Gasteiger partial charge in [-0.2, -0.15) is 0 Å². The fraction of sp³-hybridized carbons (Fsp3) is 0.562.